The van der Waals surface area contributed by atoms with Crippen LogP contribution in [-0.2, 0) is 0 Å². The summed E-state index contributed by atoms with van der Waals surface area (Å²) in [7, 11) is 0. The monoisotopic (exact) mass is 317 g/mol. The fourth-order valence-electron chi connectivity index (χ4n) is 3.59. The SMILES string of the molecule is Cl.O=C(NC1CN2CCC1CC2)c1ccc2cccnc2c1. The molecule has 1 unspecified atom stereocenters. The van der Waals surface area contributed by atoms with Crippen LogP contribution in [0.4, 0.5) is 0 Å². The van der Waals surface area contributed by atoms with Gasteiger partial charge in [-0.3, -0.25) is 9.78 Å². The number of piperidine rings is 3. The van der Waals surface area contributed by atoms with Gasteiger partial charge in [0.2, 0.25) is 0 Å². The van der Waals surface area contributed by atoms with E-state index < -0.39 is 0 Å². The molecule has 3 aliphatic heterocycles. The normalized spacial score (nSPS) is 26.5. The molecule has 2 aromatic rings. The molecular formula is C17H20ClN3O. The van der Waals surface area contributed by atoms with Crippen molar-refractivity contribution < 1.29 is 4.79 Å². The van der Waals surface area contributed by atoms with Crippen LogP contribution >= 0.6 is 12.4 Å². The quantitative estimate of drug-likeness (QED) is 0.925. The molecule has 3 fully saturated rings. The number of nitrogens with zero attached hydrogens (tertiary/aromatic N) is 2. The smallest absolute Gasteiger partial charge is 0.251 e. The summed E-state index contributed by atoms with van der Waals surface area (Å²) >= 11 is 0. The number of carbonyl (C=O) groups excluding carboxylic acids is 1. The van der Waals surface area contributed by atoms with Gasteiger partial charge >= 0.3 is 0 Å². The van der Waals surface area contributed by atoms with Gasteiger partial charge in [-0.25, -0.2) is 0 Å². The molecule has 0 aliphatic carbocycles. The van der Waals surface area contributed by atoms with Crippen LogP contribution in [0.2, 0.25) is 0 Å². The molecule has 0 radical (unpaired) electrons. The molecule has 1 atom stereocenters. The van der Waals surface area contributed by atoms with Crippen LogP contribution < -0.4 is 5.32 Å². The maximum absolute atomic E-state index is 12.5. The van der Waals surface area contributed by atoms with Crippen LogP contribution in [0.25, 0.3) is 10.9 Å². The van der Waals surface area contributed by atoms with E-state index in [0.29, 0.717) is 17.5 Å². The van der Waals surface area contributed by atoms with Gasteiger partial charge in [0.15, 0.2) is 0 Å². The minimum Gasteiger partial charge on any atom is -0.348 e. The topological polar surface area (TPSA) is 45.2 Å². The van der Waals surface area contributed by atoms with Crippen molar-refractivity contribution in [3.8, 4) is 0 Å². The highest BCUT2D eigenvalue weighted by molar-refractivity contribution is 5.97. The summed E-state index contributed by atoms with van der Waals surface area (Å²) in [5.41, 5.74) is 1.58. The Balaban J connectivity index is 0.00000144. The number of aromatic nitrogens is 1. The lowest BCUT2D eigenvalue weighted by atomic mass is 9.84. The summed E-state index contributed by atoms with van der Waals surface area (Å²) in [4.78, 5) is 19.2. The van der Waals surface area contributed by atoms with E-state index in [4.69, 9.17) is 0 Å². The van der Waals surface area contributed by atoms with E-state index in [2.05, 4.69) is 15.2 Å². The van der Waals surface area contributed by atoms with Crippen molar-refractivity contribution in [2.24, 2.45) is 5.92 Å². The molecule has 0 spiro atoms. The van der Waals surface area contributed by atoms with Gasteiger partial charge in [-0.05, 0) is 50.0 Å². The Hall–Kier alpha value is -1.65. The van der Waals surface area contributed by atoms with Crippen LogP contribution in [0.1, 0.15) is 23.2 Å². The van der Waals surface area contributed by atoms with E-state index in [0.717, 1.165) is 17.4 Å². The Labute approximate surface area is 136 Å². The highest BCUT2D eigenvalue weighted by atomic mass is 35.5. The first-order valence-electron chi connectivity index (χ1n) is 7.67. The fourth-order valence-corrected chi connectivity index (χ4v) is 3.59. The van der Waals surface area contributed by atoms with Crippen molar-refractivity contribution in [1.82, 2.24) is 15.2 Å². The number of benzene rings is 1. The molecule has 5 rings (SSSR count). The number of nitrogens with one attached hydrogen (secondary N) is 1. The van der Waals surface area contributed by atoms with Gasteiger partial charge in [0.25, 0.3) is 5.91 Å². The Kier molecular flexibility index (Phi) is 4.32. The van der Waals surface area contributed by atoms with Gasteiger partial charge in [0.1, 0.15) is 0 Å². The second-order valence-electron chi connectivity index (χ2n) is 6.13. The Morgan fingerprint density at radius 1 is 1.23 bits per heavy atom. The summed E-state index contributed by atoms with van der Waals surface area (Å²) in [6.07, 6.45) is 4.19. The molecule has 3 saturated heterocycles. The van der Waals surface area contributed by atoms with Crippen molar-refractivity contribution in [3.63, 3.8) is 0 Å². The molecule has 1 amide bonds. The number of pyridine rings is 1. The molecule has 22 heavy (non-hydrogen) atoms. The van der Waals surface area contributed by atoms with E-state index >= 15 is 0 Å². The van der Waals surface area contributed by atoms with Crippen molar-refractivity contribution in [3.05, 3.63) is 42.1 Å². The fraction of sp³-hybridized carbons (Fsp3) is 0.412. The number of fused-ring (bicyclic) bond motifs is 4. The lowest BCUT2D eigenvalue weighted by Gasteiger charge is -2.44. The zero-order chi connectivity index (χ0) is 14.2. The zero-order valence-corrected chi connectivity index (χ0v) is 13.2. The number of halogens is 1. The standard InChI is InChI=1S/C17H19N3O.ClH/c21-17(19-16-11-20-8-5-13(16)6-9-20)14-4-3-12-2-1-7-18-15(12)10-14;/h1-4,7,10,13,16H,5-6,8-9,11H2,(H,19,21);1H. The average Bonchev–Trinajstić information content (AvgIpc) is 2.55. The third-order valence-electron chi connectivity index (χ3n) is 4.84. The molecule has 2 bridgehead atoms. The van der Waals surface area contributed by atoms with Crippen LogP contribution in [0, 0.1) is 5.92 Å². The number of amides is 1. The van der Waals surface area contributed by atoms with E-state index in [1.807, 2.05) is 30.3 Å². The maximum atomic E-state index is 12.5. The number of hydrogen-bond donors (Lipinski definition) is 1. The lowest BCUT2D eigenvalue weighted by Crippen LogP contribution is -2.57. The van der Waals surface area contributed by atoms with E-state index in [1.54, 1.807) is 6.20 Å². The maximum Gasteiger partial charge on any atom is 0.251 e. The predicted octanol–water partition coefficient (Wildman–Crippen LogP) is 2.48. The second kappa shape index (κ2) is 6.23. The number of carbonyl (C=O) groups is 1. The Morgan fingerprint density at radius 2 is 2.05 bits per heavy atom. The molecular weight excluding hydrogens is 298 g/mol. The van der Waals surface area contributed by atoms with Crippen LogP contribution in [0.5, 0.6) is 0 Å². The second-order valence-corrected chi connectivity index (χ2v) is 6.13. The van der Waals surface area contributed by atoms with Gasteiger partial charge in [0, 0.05) is 29.7 Å². The van der Waals surface area contributed by atoms with E-state index in [1.165, 1.54) is 25.9 Å². The highest BCUT2D eigenvalue weighted by Gasteiger charge is 2.34. The molecule has 3 aliphatic rings. The summed E-state index contributed by atoms with van der Waals surface area (Å²) in [6, 6.07) is 9.96. The third kappa shape index (κ3) is 2.81. The van der Waals surface area contributed by atoms with E-state index in [-0.39, 0.29) is 18.3 Å². The van der Waals surface area contributed by atoms with Crippen molar-refractivity contribution in [1.29, 1.82) is 0 Å². The average molecular weight is 318 g/mol. The first-order valence-corrected chi connectivity index (χ1v) is 7.67. The minimum absolute atomic E-state index is 0. The van der Waals surface area contributed by atoms with Crippen LogP contribution in [-0.4, -0.2) is 41.5 Å². The summed E-state index contributed by atoms with van der Waals surface area (Å²) in [5.74, 6) is 0.679. The Bertz CT molecular complexity index is 682. The predicted molar refractivity (Wildman–Crippen MR) is 89.4 cm³/mol. The van der Waals surface area contributed by atoms with Gasteiger partial charge in [-0.15, -0.1) is 12.4 Å². The third-order valence-corrected chi connectivity index (χ3v) is 4.84. The lowest BCUT2D eigenvalue weighted by molar-refractivity contribution is 0.0620. The van der Waals surface area contributed by atoms with E-state index in [9.17, 15) is 4.79 Å². The number of rotatable bonds is 2. The largest absolute Gasteiger partial charge is 0.348 e. The van der Waals surface area contributed by atoms with Gasteiger partial charge in [0.05, 0.1) is 5.52 Å². The van der Waals surface area contributed by atoms with Crippen molar-refractivity contribution >= 4 is 29.2 Å². The summed E-state index contributed by atoms with van der Waals surface area (Å²) < 4.78 is 0. The molecule has 4 heterocycles. The minimum atomic E-state index is 0. The van der Waals surface area contributed by atoms with Crippen LogP contribution in [0.3, 0.4) is 0 Å². The highest BCUT2D eigenvalue weighted by Crippen LogP contribution is 2.27. The molecule has 4 nitrogen and oxygen atoms in total. The molecule has 116 valence electrons. The van der Waals surface area contributed by atoms with Crippen LogP contribution in [0.15, 0.2) is 36.5 Å². The molecule has 1 aromatic heterocycles. The molecule has 5 heteroatoms. The zero-order valence-electron chi connectivity index (χ0n) is 12.4. The number of hydrogen-bond acceptors (Lipinski definition) is 3. The first-order chi connectivity index (χ1) is 10.3. The van der Waals surface area contributed by atoms with Gasteiger partial charge < -0.3 is 10.2 Å². The summed E-state index contributed by atoms with van der Waals surface area (Å²) in [5, 5.41) is 4.29. The van der Waals surface area contributed by atoms with Gasteiger partial charge in [-0.1, -0.05) is 12.1 Å². The van der Waals surface area contributed by atoms with Crippen molar-refractivity contribution in [2.75, 3.05) is 19.6 Å². The molecule has 1 aromatic carbocycles. The summed E-state index contributed by atoms with van der Waals surface area (Å²) in [6.45, 7) is 3.39. The first kappa shape index (κ1) is 15.3. The van der Waals surface area contributed by atoms with Crippen molar-refractivity contribution in [2.45, 2.75) is 18.9 Å². The molecule has 0 saturated carbocycles. The van der Waals surface area contributed by atoms with Gasteiger partial charge in [-0.2, -0.15) is 0 Å². The Morgan fingerprint density at radius 3 is 2.77 bits per heavy atom. The molecule has 1 N–H and O–H groups in total.